The van der Waals surface area contributed by atoms with Crippen LogP contribution in [0.2, 0.25) is 5.02 Å². The van der Waals surface area contributed by atoms with E-state index >= 15 is 0 Å². The molecular formula is C15H13ClN2OS. The first-order valence-electron chi connectivity index (χ1n) is 6.11. The Bertz CT molecular complexity index is 749. The zero-order valence-corrected chi connectivity index (χ0v) is 12.4. The first-order chi connectivity index (χ1) is 9.48. The predicted octanol–water partition coefficient (Wildman–Crippen LogP) is 3.79. The second-order valence-electron chi connectivity index (χ2n) is 4.81. The molecule has 0 aliphatic heterocycles. The number of anilines is 1. The summed E-state index contributed by atoms with van der Waals surface area (Å²) in [4.78, 5) is 4.83. The molecule has 1 aromatic carbocycles. The van der Waals surface area contributed by atoms with Gasteiger partial charge in [0.25, 0.3) is 0 Å². The van der Waals surface area contributed by atoms with Crippen molar-refractivity contribution in [2.75, 3.05) is 5.73 Å². The number of halogens is 1. The lowest BCUT2D eigenvalue weighted by Gasteiger charge is -2.23. The number of nitrogens with zero attached hydrogens (tertiary/aromatic N) is 1. The van der Waals surface area contributed by atoms with Gasteiger partial charge >= 0.3 is 0 Å². The molecule has 2 heterocycles. The lowest BCUT2D eigenvalue weighted by molar-refractivity contribution is 0.107. The summed E-state index contributed by atoms with van der Waals surface area (Å²) in [6.07, 6.45) is 1.47. The number of pyridine rings is 1. The van der Waals surface area contributed by atoms with Crippen LogP contribution < -0.4 is 5.73 Å². The van der Waals surface area contributed by atoms with E-state index in [1.807, 2.05) is 30.3 Å². The van der Waals surface area contributed by atoms with Gasteiger partial charge in [-0.2, -0.15) is 0 Å². The van der Waals surface area contributed by atoms with E-state index in [0.29, 0.717) is 10.6 Å². The highest BCUT2D eigenvalue weighted by molar-refractivity contribution is 7.19. The van der Waals surface area contributed by atoms with Crippen molar-refractivity contribution < 1.29 is 5.11 Å². The molecule has 3 nitrogen and oxygen atoms in total. The molecule has 1 unspecified atom stereocenters. The summed E-state index contributed by atoms with van der Waals surface area (Å²) in [5, 5.41) is 12.4. The van der Waals surface area contributed by atoms with Crippen molar-refractivity contribution in [3.05, 3.63) is 58.1 Å². The van der Waals surface area contributed by atoms with E-state index in [9.17, 15) is 5.11 Å². The second-order valence-corrected chi connectivity index (χ2v) is 6.33. The van der Waals surface area contributed by atoms with E-state index in [1.54, 1.807) is 13.0 Å². The Kier molecular flexibility index (Phi) is 3.17. The Hall–Kier alpha value is -1.62. The monoisotopic (exact) mass is 304 g/mol. The summed E-state index contributed by atoms with van der Waals surface area (Å²) in [6.45, 7) is 1.71. The molecule has 0 aliphatic carbocycles. The minimum absolute atomic E-state index is 0.289. The molecule has 0 spiro atoms. The molecule has 0 fully saturated rings. The first kappa shape index (κ1) is 13.4. The Morgan fingerprint density at radius 2 is 2.05 bits per heavy atom. The van der Waals surface area contributed by atoms with Crippen LogP contribution in [0.4, 0.5) is 5.82 Å². The van der Waals surface area contributed by atoms with Crippen LogP contribution in [0, 0.1) is 0 Å². The van der Waals surface area contributed by atoms with Crippen LogP contribution in [0.1, 0.15) is 17.4 Å². The molecule has 3 rings (SSSR count). The van der Waals surface area contributed by atoms with Crippen LogP contribution in [0.15, 0.2) is 42.6 Å². The molecule has 3 aromatic rings. The minimum atomic E-state index is -1.22. The van der Waals surface area contributed by atoms with Gasteiger partial charge in [-0.15, -0.1) is 11.3 Å². The molecule has 5 heteroatoms. The molecule has 1 atom stereocenters. The van der Waals surface area contributed by atoms with Gasteiger partial charge < -0.3 is 10.8 Å². The Labute approximate surface area is 125 Å². The van der Waals surface area contributed by atoms with E-state index in [-0.39, 0.29) is 5.82 Å². The molecule has 102 valence electrons. The number of hydrogen-bond acceptors (Lipinski definition) is 4. The molecule has 2 aromatic heterocycles. The van der Waals surface area contributed by atoms with Crippen molar-refractivity contribution in [2.45, 2.75) is 12.5 Å². The molecule has 0 radical (unpaired) electrons. The van der Waals surface area contributed by atoms with Gasteiger partial charge in [0.15, 0.2) is 0 Å². The summed E-state index contributed by atoms with van der Waals surface area (Å²) in [5.41, 5.74) is 5.19. The number of aromatic nitrogens is 1. The lowest BCUT2D eigenvalue weighted by Crippen LogP contribution is -2.23. The van der Waals surface area contributed by atoms with Crippen molar-refractivity contribution in [1.29, 1.82) is 0 Å². The van der Waals surface area contributed by atoms with Crippen molar-refractivity contribution in [3.63, 3.8) is 0 Å². The lowest BCUT2D eigenvalue weighted by atomic mass is 9.94. The van der Waals surface area contributed by atoms with E-state index in [0.717, 1.165) is 15.0 Å². The zero-order valence-electron chi connectivity index (χ0n) is 10.8. The molecule has 0 saturated carbocycles. The van der Waals surface area contributed by atoms with E-state index in [2.05, 4.69) is 4.98 Å². The number of benzene rings is 1. The number of fused-ring (bicyclic) bond motifs is 1. The van der Waals surface area contributed by atoms with Gasteiger partial charge in [0.1, 0.15) is 11.4 Å². The average Bonchev–Trinajstić information content (AvgIpc) is 2.86. The summed E-state index contributed by atoms with van der Waals surface area (Å²) >= 11 is 7.50. The van der Waals surface area contributed by atoms with Crippen molar-refractivity contribution in [2.24, 2.45) is 0 Å². The molecule has 0 saturated heterocycles. The van der Waals surface area contributed by atoms with Crippen LogP contribution >= 0.6 is 22.9 Å². The fourth-order valence-electron chi connectivity index (χ4n) is 2.19. The van der Waals surface area contributed by atoms with E-state index in [4.69, 9.17) is 17.3 Å². The Balaban J connectivity index is 2.17. The third kappa shape index (κ3) is 2.16. The maximum atomic E-state index is 10.9. The first-order valence-corrected chi connectivity index (χ1v) is 7.31. The molecule has 3 N–H and O–H groups in total. The molecule has 0 aliphatic rings. The summed E-state index contributed by atoms with van der Waals surface area (Å²) in [5.74, 6) is 0.289. The van der Waals surface area contributed by atoms with Gasteiger partial charge in [-0.25, -0.2) is 4.98 Å². The quantitative estimate of drug-likeness (QED) is 0.757. The summed E-state index contributed by atoms with van der Waals surface area (Å²) in [6, 6.07) is 11.6. The fraction of sp³-hybridized carbons (Fsp3) is 0.133. The number of nitrogen functional groups attached to an aromatic ring is 1. The van der Waals surface area contributed by atoms with Crippen molar-refractivity contribution in [3.8, 4) is 0 Å². The summed E-state index contributed by atoms with van der Waals surface area (Å²) in [7, 11) is 0. The van der Waals surface area contributed by atoms with Gasteiger partial charge in [-0.05, 0) is 30.5 Å². The van der Waals surface area contributed by atoms with Gasteiger partial charge in [-0.3, -0.25) is 0 Å². The highest BCUT2D eigenvalue weighted by Gasteiger charge is 2.30. The topological polar surface area (TPSA) is 59.1 Å². The van der Waals surface area contributed by atoms with E-state index < -0.39 is 5.60 Å². The standard InChI is InChI=1S/C15H13ClN2OS/c1-15(19,11-7-10(16)8-18-14(11)17)13-6-9-4-2-3-5-12(9)20-13/h2-8,19H,1H3,(H2,17,18). The third-order valence-corrected chi connectivity index (χ3v) is 4.85. The average molecular weight is 305 g/mol. The molecule has 0 bridgehead atoms. The number of thiophene rings is 1. The highest BCUT2D eigenvalue weighted by Crippen LogP contribution is 2.39. The van der Waals surface area contributed by atoms with Crippen molar-refractivity contribution >= 4 is 38.8 Å². The van der Waals surface area contributed by atoms with Crippen molar-refractivity contribution in [1.82, 2.24) is 4.98 Å². The summed E-state index contributed by atoms with van der Waals surface area (Å²) < 4.78 is 1.12. The number of hydrogen-bond donors (Lipinski definition) is 2. The van der Waals surface area contributed by atoms with E-state index in [1.165, 1.54) is 17.5 Å². The highest BCUT2D eigenvalue weighted by atomic mass is 35.5. The molecule has 20 heavy (non-hydrogen) atoms. The maximum Gasteiger partial charge on any atom is 0.129 e. The van der Waals surface area contributed by atoms with Gasteiger partial charge in [-0.1, -0.05) is 29.8 Å². The number of nitrogens with two attached hydrogens (primary N) is 1. The SMILES string of the molecule is CC(O)(c1cc2ccccc2s1)c1cc(Cl)cnc1N. The zero-order chi connectivity index (χ0) is 14.3. The third-order valence-electron chi connectivity index (χ3n) is 3.31. The predicted molar refractivity (Wildman–Crippen MR) is 84.2 cm³/mol. The number of aliphatic hydroxyl groups is 1. The molecule has 0 amide bonds. The normalized spacial score (nSPS) is 14.3. The largest absolute Gasteiger partial charge is 0.383 e. The second kappa shape index (κ2) is 4.74. The van der Waals surface area contributed by atoms with Gasteiger partial charge in [0.05, 0.1) is 5.02 Å². The number of rotatable bonds is 2. The molecular weight excluding hydrogens is 292 g/mol. The van der Waals surface area contributed by atoms with Crippen LogP contribution in [-0.2, 0) is 5.60 Å². The minimum Gasteiger partial charge on any atom is -0.383 e. The maximum absolute atomic E-state index is 10.9. The van der Waals surface area contributed by atoms with Crippen LogP contribution in [0.5, 0.6) is 0 Å². The fourth-order valence-corrected chi connectivity index (χ4v) is 3.48. The Morgan fingerprint density at radius 1 is 1.30 bits per heavy atom. The van der Waals surface area contributed by atoms with Crippen LogP contribution in [0.25, 0.3) is 10.1 Å². The van der Waals surface area contributed by atoms with Gasteiger partial charge in [0.2, 0.25) is 0 Å². The smallest absolute Gasteiger partial charge is 0.129 e. The van der Waals surface area contributed by atoms with Crippen LogP contribution in [-0.4, -0.2) is 10.1 Å². The van der Waals surface area contributed by atoms with Crippen LogP contribution in [0.3, 0.4) is 0 Å². The Morgan fingerprint density at radius 3 is 2.80 bits per heavy atom. The van der Waals surface area contributed by atoms with Gasteiger partial charge in [0, 0.05) is 21.3 Å².